The molecule has 3 heteroatoms. The molecule has 114 valence electrons. The number of benzene rings is 2. The molecule has 0 saturated carbocycles. The molecule has 3 nitrogen and oxygen atoms in total. The van der Waals surface area contributed by atoms with Gasteiger partial charge in [-0.15, -0.1) is 0 Å². The zero-order valence-electron chi connectivity index (χ0n) is 13.2. The molecule has 1 aliphatic rings. The Morgan fingerprint density at radius 2 is 1.52 bits per heavy atom. The van der Waals surface area contributed by atoms with Crippen LogP contribution in [0.3, 0.4) is 0 Å². The van der Waals surface area contributed by atoms with Crippen molar-refractivity contribution < 1.29 is 4.79 Å². The Labute approximate surface area is 136 Å². The van der Waals surface area contributed by atoms with E-state index in [1.807, 2.05) is 68.5 Å². The Morgan fingerprint density at radius 3 is 2.09 bits per heavy atom. The summed E-state index contributed by atoms with van der Waals surface area (Å²) < 4.78 is 0. The maximum atomic E-state index is 12.4. The van der Waals surface area contributed by atoms with Crippen molar-refractivity contribution in [2.24, 2.45) is 5.92 Å². The summed E-state index contributed by atoms with van der Waals surface area (Å²) in [4.78, 5) is 12.4. The summed E-state index contributed by atoms with van der Waals surface area (Å²) in [6.07, 6.45) is 1.99. The molecular formula is C20H18N2O. The van der Waals surface area contributed by atoms with Crippen LogP contribution in [0, 0.1) is 31.1 Å². The van der Waals surface area contributed by atoms with Gasteiger partial charge in [-0.3, -0.25) is 4.79 Å². The molecule has 0 aliphatic carbocycles. The minimum absolute atomic E-state index is 0.231. The van der Waals surface area contributed by atoms with E-state index in [1.165, 1.54) is 5.56 Å². The van der Waals surface area contributed by atoms with Crippen molar-refractivity contribution >= 4 is 11.6 Å². The fraction of sp³-hybridized carbons (Fsp3) is 0.200. The third kappa shape index (κ3) is 3.02. The van der Waals surface area contributed by atoms with Crippen molar-refractivity contribution in [2.45, 2.75) is 19.8 Å². The van der Waals surface area contributed by atoms with Gasteiger partial charge in [0.1, 0.15) is 5.92 Å². The molecule has 1 amide bonds. The van der Waals surface area contributed by atoms with Crippen LogP contribution in [-0.4, -0.2) is 5.91 Å². The highest BCUT2D eigenvalue weighted by atomic mass is 16.2. The Hall–Kier alpha value is -2.86. The Morgan fingerprint density at radius 1 is 0.957 bits per heavy atom. The second kappa shape index (κ2) is 6.10. The molecule has 3 rings (SSSR count). The average Bonchev–Trinajstić information content (AvgIpc) is 2.55. The maximum Gasteiger partial charge on any atom is 0.242 e. The van der Waals surface area contributed by atoms with E-state index in [-0.39, 0.29) is 11.8 Å². The van der Waals surface area contributed by atoms with Crippen molar-refractivity contribution in [3.63, 3.8) is 0 Å². The SMILES string of the molecule is Cc1ccc(C2=CC(c3ccc(C)cc3)C(C#N)C(=O)N2)cc1. The van der Waals surface area contributed by atoms with E-state index < -0.39 is 5.92 Å². The lowest BCUT2D eigenvalue weighted by atomic mass is 9.82. The predicted molar refractivity (Wildman–Crippen MR) is 90.3 cm³/mol. The molecule has 0 spiro atoms. The first-order valence-electron chi connectivity index (χ1n) is 7.64. The summed E-state index contributed by atoms with van der Waals surface area (Å²) >= 11 is 0. The summed E-state index contributed by atoms with van der Waals surface area (Å²) in [7, 11) is 0. The zero-order chi connectivity index (χ0) is 16.4. The second-order valence-electron chi connectivity index (χ2n) is 5.98. The first kappa shape index (κ1) is 15.1. The van der Waals surface area contributed by atoms with Gasteiger partial charge in [-0.25, -0.2) is 0 Å². The van der Waals surface area contributed by atoms with Crippen LogP contribution in [-0.2, 0) is 4.79 Å². The van der Waals surface area contributed by atoms with Crippen LogP contribution >= 0.6 is 0 Å². The third-order valence-corrected chi connectivity index (χ3v) is 4.21. The van der Waals surface area contributed by atoms with Crippen LogP contribution in [0.2, 0.25) is 0 Å². The predicted octanol–water partition coefficient (Wildman–Crippen LogP) is 3.70. The Balaban J connectivity index is 2.04. The first-order chi connectivity index (χ1) is 11.1. The molecule has 2 aromatic carbocycles. The maximum absolute atomic E-state index is 12.4. The molecule has 2 atom stereocenters. The van der Waals surface area contributed by atoms with E-state index in [2.05, 4.69) is 11.4 Å². The van der Waals surface area contributed by atoms with E-state index in [1.54, 1.807) is 0 Å². The Bertz CT molecular complexity index is 795. The van der Waals surface area contributed by atoms with Gasteiger partial charge in [-0.05, 0) is 25.0 Å². The molecule has 23 heavy (non-hydrogen) atoms. The van der Waals surface area contributed by atoms with Crippen LogP contribution in [0.5, 0.6) is 0 Å². The van der Waals surface area contributed by atoms with Gasteiger partial charge in [0.15, 0.2) is 0 Å². The number of nitrogens with zero attached hydrogens (tertiary/aromatic N) is 1. The minimum Gasteiger partial charge on any atom is -0.325 e. The molecule has 1 aliphatic heterocycles. The smallest absolute Gasteiger partial charge is 0.242 e. The van der Waals surface area contributed by atoms with Gasteiger partial charge in [-0.2, -0.15) is 5.26 Å². The highest BCUT2D eigenvalue weighted by molar-refractivity contribution is 5.93. The van der Waals surface area contributed by atoms with Gasteiger partial charge in [0.05, 0.1) is 6.07 Å². The lowest BCUT2D eigenvalue weighted by Gasteiger charge is -2.26. The number of hydrogen-bond acceptors (Lipinski definition) is 2. The van der Waals surface area contributed by atoms with E-state index in [0.29, 0.717) is 0 Å². The van der Waals surface area contributed by atoms with Gasteiger partial charge in [-0.1, -0.05) is 65.7 Å². The number of carbonyl (C=O) groups excluding carboxylic acids is 1. The molecule has 2 unspecified atom stereocenters. The third-order valence-electron chi connectivity index (χ3n) is 4.21. The van der Waals surface area contributed by atoms with Crippen LogP contribution < -0.4 is 5.32 Å². The van der Waals surface area contributed by atoms with Crippen LogP contribution in [0.1, 0.15) is 28.2 Å². The molecule has 1 heterocycles. The van der Waals surface area contributed by atoms with E-state index >= 15 is 0 Å². The summed E-state index contributed by atoms with van der Waals surface area (Å²) in [6, 6.07) is 18.1. The van der Waals surface area contributed by atoms with Crippen molar-refractivity contribution in [2.75, 3.05) is 0 Å². The summed E-state index contributed by atoms with van der Waals surface area (Å²) in [5.41, 5.74) is 5.04. The Kier molecular flexibility index (Phi) is 3.99. The molecule has 2 aromatic rings. The normalized spacial score (nSPS) is 20.4. The number of nitriles is 1. The standard InChI is InChI=1S/C20H18N2O/c1-13-3-7-15(8-4-13)17-11-19(22-20(23)18(17)12-21)16-9-5-14(2)6-10-16/h3-11,17-18H,1-2H3,(H,22,23). The fourth-order valence-electron chi connectivity index (χ4n) is 2.81. The summed E-state index contributed by atoms with van der Waals surface area (Å²) in [5, 5.41) is 12.3. The van der Waals surface area contributed by atoms with Gasteiger partial charge in [0.25, 0.3) is 0 Å². The lowest BCUT2D eigenvalue weighted by Crippen LogP contribution is -2.36. The highest BCUT2D eigenvalue weighted by Crippen LogP contribution is 2.33. The first-order valence-corrected chi connectivity index (χ1v) is 7.64. The molecule has 0 fully saturated rings. The molecule has 0 radical (unpaired) electrons. The van der Waals surface area contributed by atoms with E-state index in [0.717, 1.165) is 22.4 Å². The van der Waals surface area contributed by atoms with Crippen LogP contribution in [0.25, 0.3) is 5.70 Å². The van der Waals surface area contributed by atoms with E-state index in [4.69, 9.17) is 0 Å². The highest BCUT2D eigenvalue weighted by Gasteiger charge is 2.33. The fourth-order valence-corrected chi connectivity index (χ4v) is 2.81. The van der Waals surface area contributed by atoms with E-state index in [9.17, 15) is 10.1 Å². The lowest BCUT2D eigenvalue weighted by molar-refractivity contribution is -0.122. The molecule has 1 N–H and O–H groups in total. The van der Waals surface area contributed by atoms with Crippen molar-refractivity contribution in [1.29, 1.82) is 5.26 Å². The molecule has 0 saturated heterocycles. The van der Waals surface area contributed by atoms with Gasteiger partial charge in [0.2, 0.25) is 5.91 Å². The quantitative estimate of drug-likeness (QED) is 0.919. The molecular weight excluding hydrogens is 284 g/mol. The number of amides is 1. The van der Waals surface area contributed by atoms with Crippen molar-refractivity contribution in [1.82, 2.24) is 5.32 Å². The largest absolute Gasteiger partial charge is 0.325 e. The van der Waals surface area contributed by atoms with Gasteiger partial charge < -0.3 is 5.32 Å². The number of nitrogens with one attached hydrogen (secondary N) is 1. The van der Waals surface area contributed by atoms with Gasteiger partial charge in [0, 0.05) is 11.6 Å². The monoisotopic (exact) mass is 302 g/mol. The summed E-state index contributed by atoms with van der Waals surface area (Å²) in [5.74, 6) is -1.17. The van der Waals surface area contributed by atoms with Gasteiger partial charge >= 0.3 is 0 Å². The number of carbonyl (C=O) groups is 1. The van der Waals surface area contributed by atoms with Crippen LogP contribution in [0.4, 0.5) is 0 Å². The number of rotatable bonds is 2. The summed E-state index contributed by atoms with van der Waals surface area (Å²) in [6.45, 7) is 4.05. The average molecular weight is 302 g/mol. The molecule has 0 bridgehead atoms. The zero-order valence-corrected chi connectivity index (χ0v) is 13.2. The number of allylic oxidation sites excluding steroid dienone is 1. The molecule has 0 aromatic heterocycles. The number of hydrogen-bond donors (Lipinski definition) is 1. The second-order valence-corrected chi connectivity index (χ2v) is 5.98. The number of aryl methyl sites for hydroxylation is 2. The topological polar surface area (TPSA) is 52.9 Å². The van der Waals surface area contributed by atoms with Crippen LogP contribution in [0.15, 0.2) is 54.6 Å². The van der Waals surface area contributed by atoms with Crippen molar-refractivity contribution in [3.05, 3.63) is 76.9 Å². The van der Waals surface area contributed by atoms with Crippen molar-refractivity contribution in [3.8, 4) is 6.07 Å². The minimum atomic E-state index is -0.702.